The molecule has 5 heteroatoms. The van der Waals surface area contributed by atoms with Crippen LogP contribution in [0.5, 0.6) is 5.75 Å². The molecule has 1 rings (SSSR count). The third kappa shape index (κ3) is 4.14. The number of hydrogen-bond acceptors (Lipinski definition) is 3. The Labute approximate surface area is 99.4 Å². The maximum absolute atomic E-state index is 11.5. The third-order valence-electron chi connectivity index (χ3n) is 2.27. The zero-order valence-electron chi connectivity index (χ0n) is 9.77. The van der Waals surface area contributed by atoms with E-state index in [0.717, 1.165) is 5.56 Å². The van der Waals surface area contributed by atoms with Gasteiger partial charge in [-0.2, -0.15) is 0 Å². The molecule has 0 saturated carbocycles. The van der Waals surface area contributed by atoms with Crippen LogP contribution in [0.3, 0.4) is 0 Å². The number of methoxy groups -OCH3 is 1. The minimum Gasteiger partial charge on any atom is -0.497 e. The molecule has 0 aliphatic heterocycles. The standard InChI is InChI=1S/C12H15NO4/c1-8(12(15)16)13-11(14)7-9-3-5-10(17-2)6-4-9/h3-6,8H,7H2,1-2H3,(H,13,14)(H,15,16)/t8-/m0/s1. The number of carbonyl (C=O) groups excluding carboxylic acids is 1. The van der Waals surface area contributed by atoms with Crippen LogP contribution >= 0.6 is 0 Å². The molecule has 0 bridgehead atoms. The second-order valence-electron chi connectivity index (χ2n) is 3.65. The predicted molar refractivity (Wildman–Crippen MR) is 61.9 cm³/mol. The minimum atomic E-state index is -1.05. The molecule has 0 aromatic heterocycles. The lowest BCUT2D eigenvalue weighted by Crippen LogP contribution is -2.39. The molecule has 0 radical (unpaired) electrons. The Hall–Kier alpha value is -2.04. The summed E-state index contributed by atoms with van der Waals surface area (Å²) in [7, 11) is 1.57. The van der Waals surface area contributed by atoms with E-state index in [2.05, 4.69) is 5.32 Å². The summed E-state index contributed by atoms with van der Waals surface area (Å²) in [4.78, 5) is 22.0. The smallest absolute Gasteiger partial charge is 0.325 e. The fourth-order valence-electron chi connectivity index (χ4n) is 1.28. The zero-order valence-corrected chi connectivity index (χ0v) is 9.77. The van der Waals surface area contributed by atoms with Crippen molar-refractivity contribution in [2.75, 3.05) is 7.11 Å². The van der Waals surface area contributed by atoms with Crippen molar-refractivity contribution < 1.29 is 19.4 Å². The van der Waals surface area contributed by atoms with Gasteiger partial charge in [-0.3, -0.25) is 9.59 Å². The second-order valence-corrected chi connectivity index (χ2v) is 3.65. The van der Waals surface area contributed by atoms with E-state index in [1.807, 2.05) is 0 Å². The summed E-state index contributed by atoms with van der Waals surface area (Å²) in [6.07, 6.45) is 0.154. The zero-order chi connectivity index (χ0) is 12.8. The van der Waals surface area contributed by atoms with Crippen LogP contribution in [-0.2, 0) is 16.0 Å². The number of nitrogens with one attached hydrogen (secondary N) is 1. The van der Waals surface area contributed by atoms with Gasteiger partial charge in [0.15, 0.2) is 0 Å². The Bertz CT molecular complexity index is 399. The molecule has 1 aromatic rings. The molecule has 0 saturated heterocycles. The van der Waals surface area contributed by atoms with Crippen LogP contribution in [0, 0.1) is 0 Å². The van der Waals surface area contributed by atoms with Crippen LogP contribution in [0.2, 0.25) is 0 Å². The number of benzene rings is 1. The van der Waals surface area contributed by atoms with Crippen LogP contribution in [0.4, 0.5) is 0 Å². The Morgan fingerprint density at radius 3 is 2.41 bits per heavy atom. The summed E-state index contributed by atoms with van der Waals surface area (Å²) in [6.45, 7) is 1.42. The van der Waals surface area contributed by atoms with Crippen molar-refractivity contribution in [3.63, 3.8) is 0 Å². The summed E-state index contributed by atoms with van der Waals surface area (Å²) >= 11 is 0. The van der Waals surface area contributed by atoms with E-state index in [0.29, 0.717) is 5.75 Å². The van der Waals surface area contributed by atoms with Gasteiger partial charge < -0.3 is 15.2 Å². The van der Waals surface area contributed by atoms with Gasteiger partial charge in [-0.05, 0) is 24.6 Å². The van der Waals surface area contributed by atoms with Crippen molar-refractivity contribution in [3.8, 4) is 5.75 Å². The Morgan fingerprint density at radius 2 is 1.94 bits per heavy atom. The summed E-state index contributed by atoms with van der Waals surface area (Å²) in [6, 6.07) is 6.17. The van der Waals surface area contributed by atoms with E-state index in [-0.39, 0.29) is 12.3 Å². The van der Waals surface area contributed by atoms with Gasteiger partial charge in [0.25, 0.3) is 0 Å². The van der Waals surface area contributed by atoms with Crippen LogP contribution in [0.1, 0.15) is 12.5 Å². The second kappa shape index (κ2) is 5.89. The first kappa shape index (κ1) is 13.0. The molecule has 1 amide bonds. The molecule has 0 heterocycles. The van der Waals surface area contributed by atoms with Gasteiger partial charge in [0, 0.05) is 0 Å². The predicted octanol–water partition coefficient (Wildman–Crippen LogP) is 0.827. The van der Waals surface area contributed by atoms with E-state index >= 15 is 0 Å². The number of amides is 1. The van der Waals surface area contributed by atoms with E-state index in [1.165, 1.54) is 6.92 Å². The van der Waals surface area contributed by atoms with Gasteiger partial charge in [-0.15, -0.1) is 0 Å². The summed E-state index contributed by atoms with van der Waals surface area (Å²) in [5.74, 6) is -0.647. The maximum atomic E-state index is 11.5. The first-order valence-electron chi connectivity index (χ1n) is 5.18. The first-order valence-corrected chi connectivity index (χ1v) is 5.18. The lowest BCUT2D eigenvalue weighted by molar-refractivity contribution is -0.141. The topological polar surface area (TPSA) is 75.6 Å². The van der Waals surface area contributed by atoms with Crippen LogP contribution < -0.4 is 10.1 Å². The first-order chi connectivity index (χ1) is 8.02. The van der Waals surface area contributed by atoms with E-state index in [9.17, 15) is 9.59 Å². The molecule has 1 atom stereocenters. The molecule has 5 nitrogen and oxygen atoms in total. The van der Waals surface area contributed by atoms with Crippen LogP contribution in [0.15, 0.2) is 24.3 Å². The van der Waals surface area contributed by atoms with Crippen molar-refractivity contribution in [2.45, 2.75) is 19.4 Å². The van der Waals surface area contributed by atoms with Crippen molar-refractivity contribution in [1.29, 1.82) is 0 Å². The van der Waals surface area contributed by atoms with Gasteiger partial charge in [-0.1, -0.05) is 12.1 Å². The lowest BCUT2D eigenvalue weighted by Gasteiger charge is -2.09. The quantitative estimate of drug-likeness (QED) is 0.795. The molecule has 17 heavy (non-hydrogen) atoms. The van der Waals surface area contributed by atoms with Crippen molar-refractivity contribution >= 4 is 11.9 Å². The van der Waals surface area contributed by atoms with E-state index < -0.39 is 12.0 Å². The van der Waals surface area contributed by atoms with E-state index in [4.69, 9.17) is 9.84 Å². The Morgan fingerprint density at radius 1 is 1.35 bits per heavy atom. The average molecular weight is 237 g/mol. The lowest BCUT2D eigenvalue weighted by atomic mass is 10.1. The molecular weight excluding hydrogens is 222 g/mol. The molecule has 0 fully saturated rings. The van der Waals surface area contributed by atoms with Gasteiger partial charge in [0.1, 0.15) is 11.8 Å². The van der Waals surface area contributed by atoms with E-state index in [1.54, 1.807) is 31.4 Å². The molecule has 1 aromatic carbocycles. The number of carboxylic acids is 1. The summed E-state index contributed by atoms with van der Waals surface area (Å²) in [5.41, 5.74) is 0.806. The summed E-state index contributed by atoms with van der Waals surface area (Å²) in [5, 5.41) is 11.0. The molecular formula is C12H15NO4. The van der Waals surface area contributed by atoms with Gasteiger partial charge in [-0.25, -0.2) is 0 Å². The molecule has 2 N–H and O–H groups in total. The maximum Gasteiger partial charge on any atom is 0.325 e. The Kier molecular flexibility index (Phi) is 4.51. The highest BCUT2D eigenvalue weighted by atomic mass is 16.5. The van der Waals surface area contributed by atoms with Crippen LogP contribution in [-0.4, -0.2) is 30.1 Å². The van der Waals surface area contributed by atoms with Gasteiger partial charge >= 0.3 is 5.97 Å². The largest absolute Gasteiger partial charge is 0.497 e. The number of carbonyl (C=O) groups is 2. The highest BCUT2D eigenvalue weighted by Gasteiger charge is 2.13. The molecule has 0 aliphatic carbocycles. The Balaban J connectivity index is 2.53. The molecule has 0 spiro atoms. The van der Waals surface area contributed by atoms with Crippen molar-refractivity contribution in [1.82, 2.24) is 5.32 Å². The van der Waals surface area contributed by atoms with Crippen molar-refractivity contribution in [3.05, 3.63) is 29.8 Å². The number of aliphatic carboxylic acids is 1. The highest BCUT2D eigenvalue weighted by Crippen LogP contribution is 2.11. The monoisotopic (exact) mass is 237 g/mol. The van der Waals surface area contributed by atoms with Crippen molar-refractivity contribution in [2.24, 2.45) is 0 Å². The third-order valence-corrected chi connectivity index (χ3v) is 2.27. The molecule has 0 aliphatic rings. The fraction of sp³-hybridized carbons (Fsp3) is 0.333. The number of rotatable bonds is 5. The van der Waals surface area contributed by atoms with Crippen LogP contribution in [0.25, 0.3) is 0 Å². The SMILES string of the molecule is COc1ccc(CC(=O)N[C@@H](C)C(=O)O)cc1. The average Bonchev–Trinajstić information content (AvgIpc) is 2.29. The minimum absolute atomic E-state index is 0.154. The molecule has 92 valence electrons. The summed E-state index contributed by atoms with van der Waals surface area (Å²) < 4.78 is 4.99. The molecule has 0 unspecified atom stereocenters. The van der Waals surface area contributed by atoms with Gasteiger partial charge in [0.05, 0.1) is 13.5 Å². The number of carboxylic acid groups (broad SMARTS) is 1. The number of ether oxygens (including phenoxy) is 1. The highest BCUT2D eigenvalue weighted by molar-refractivity contribution is 5.84. The van der Waals surface area contributed by atoms with Gasteiger partial charge in [0.2, 0.25) is 5.91 Å². The normalized spacial score (nSPS) is 11.6. The fourth-order valence-corrected chi connectivity index (χ4v) is 1.28. The number of hydrogen-bond donors (Lipinski definition) is 2.